The number of alkyl carbamates (subject to hydrolysis) is 1. The van der Waals surface area contributed by atoms with Crippen LogP contribution in [0, 0.1) is 0 Å². The predicted molar refractivity (Wildman–Crippen MR) is 67.4 cm³/mol. The third-order valence-electron chi connectivity index (χ3n) is 2.64. The molecule has 6 heteroatoms. The summed E-state index contributed by atoms with van der Waals surface area (Å²) >= 11 is 0. The molecular formula is C13H16N2O4. The van der Waals surface area contributed by atoms with Crippen LogP contribution in [0.3, 0.4) is 0 Å². The van der Waals surface area contributed by atoms with Crippen LogP contribution in [-0.2, 0) is 20.9 Å². The molecule has 1 fully saturated rings. The van der Waals surface area contributed by atoms with E-state index >= 15 is 0 Å². The number of amides is 1. The van der Waals surface area contributed by atoms with Crippen molar-refractivity contribution in [2.24, 2.45) is 0 Å². The van der Waals surface area contributed by atoms with Crippen molar-refractivity contribution in [2.45, 2.75) is 12.6 Å². The molecule has 1 amide bonds. The first-order valence-corrected chi connectivity index (χ1v) is 6.07. The van der Waals surface area contributed by atoms with Gasteiger partial charge in [-0.3, -0.25) is 4.79 Å². The third kappa shape index (κ3) is 4.59. The molecule has 0 saturated carbocycles. The smallest absolute Gasteiger partial charge is 0.407 e. The highest BCUT2D eigenvalue weighted by molar-refractivity contribution is 5.71. The molecule has 6 nitrogen and oxygen atoms in total. The number of esters is 1. The molecule has 1 aliphatic rings. The molecule has 2 N–H and O–H groups in total. The minimum absolute atomic E-state index is 0.0885. The predicted octanol–water partition coefficient (Wildman–Crippen LogP) is 0.428. The van der Waals surface area contributed by atoms with Gasteiger partial charge in [0.25, 0.3) is 0 Å². The van der Waals surface area contributed by atoms with Gasteiger partial charge >= 0.3 is 12.1 Å². The first-order valence-electron chi connectivity index (χ1n) is 6.07. The molecule has 2 rings (SSSR count). The largest absolute Gasteiger partial charge is 0.460 e. The highest BCUT2D eigenvalue weighted by atomic mass is 16.6. The van der Waals surface area contributed by atoms with Gasteiger partial charge < -0.3 is 20.1 Å². The van der Waals surface area contributed by atoms with Crippen LogP contribution in [0.1, 0.15) is 5.56 Å². The average molecular weight is 264 g/mol. The molecule has 0 bridgehead atoms. The SMILES string of the molecule is O=C(CNCC1COC(=O)N1)OCc1ccccc1. The topological polar surface area (TPSA) is 76.7 Å². The van der Waals surface area contributed by atoms with Crippen LogP contribution in [0.4, 0.5) is 4.79 Å². The number of carbonyl (C=O) groups is 2. The first-order chi connectivity index (χ1) is 9.24. The van der Waals surface area contributed by atoms with E-state index in [4.69, 9.17) is 9.47 Å². The molecule has 0 aliphatic carbocycles. The Kier molecular flexibility index (Phi) is 4.74. The van der Waals surface area contributed by atoms with E-state index in [2.05, 4.69) is 10.6 Å². The van der Waals surface area contributed by atoms with E-state index in [9.17, 15) is 9.59 Å². The maximum Gasteiger partial charge on any atom is 0.407 e. The summed E-state index contributed by atoms with van der Waals surface area (Å²) in [5.74, 6) is -0.325. The van der Waals surface area contributed by atoms with Gasteiger partial charge in [-0.25, -0.2) is 4.79 Å². The summed E-state index contributed by atoms with van der Waals surface area (Å²) in [6.45, 7) is 1.18. The molecule has 1 unspecified atom stereocenters. The fourth-order valence-corrected chi connectivity index (χ4v) is 1.67. The molecule has 1 saturated heterocycles. The van der Waals surface area contributed by atoms with Crippen molar-refractivity contribution in [1.82, 2.24) is 10.6 Å². The van der Waals surface area contributed by atoms with E-state index in [1.54, 1.807) is 0 Å². The van der Waals surface area contributed by atoms with Crippen LogP contribution in [0.25, 0.3) is 0 Å². The summed E-state index contributed by atoms with van der Waals surface area (Å²) in [5, 5.41) is 5.52. The summed E-state index contributed by atoms with van der Waals surface area (Å²) in [6, 6.07) is 9.40. The molecule has 1 aliphatic heterocycles. The Morgan fingerprint density at radius 2 is 2.21 bits per heavy atom. The van der Waals surface area contributed by atoms with Gasteiger partial charge in [-0.1, -0.05) is 30.3 Å². The van der Waals surface area contributed by atoms with E-state index in [0.29, 0.717) is 13.2 Å². The lowest BCUT2D eigenvalue weighted by atomic mass is 10.2. The lowest BCUT2D eigenvalue weighted by Crippen LogP contribution is -2.39. The van der Waals surface area contributed by atoms with Crippen LogP contribution >= 0.6 is 0 Å². The second kappa shape index (κ2) is 6.75. The third-order valence-corrected chi connectivity index (χ3v) is 2.64. The second-order valence-electron chi connectivity index (χ2n) is 4.22. The Balaban J connectivity index is 1.58. The van der Waals surface area contributed by atoms with E-state index in [1.165, 1.54) is 0 Å². The van der Waals surface area contributed by atoms with Gasteiger partial charge in [0.1, 0.15) is 13.2 Å². The lowest BCUT2D eigenvalue weighted by molar-refractivity contribution is -0.143. The normalized spacial score (nSPS) is 17.7. The zero-order valence-electron chi connectivity index (χ0n) is 10.4. The quantitative estimate of drug-likeness (QED) is 0.729. The van der Waals surface area contributed by atoms with E-state index in [1.807, 2.05) is 30.3 Å². The monoisotopic (exact) mass is 264 g/mol. The Morgan fingerprint density at radius 3 is 2.89 bits per heavy atom. The summed E-state index contributed by atoms with van der Waals surface area (Å²) in [6.07, 6.45) is -0.418. The second-order valence-corrected chi connectivity index (χ2v) is 4.22. The average Bonchev–Trinajstić information content (AvgIpc) is 2.83. The van der Waals surface area contributed by atoms with Crippen molar-refractivity contribution in [2.75, 3.05) is 19.7 Å². The van der Waals surface area contributed by atoms with Gasteiger partial charge in [0.2, 0.25) is 0 Å². The summed E-state index contributed by atoms with van der Waals surface area (Å²) in [7, 11) is 0. The van der Waals surface area contributed by atoms with Crippen molar-refractivity contribution >= 4 is 12.1 Å². The fraction of sp³-hybridized carbons (Fsp3) is 0.385. The number of rotatable bonds is 6. The molecule has 102 valence electrons. The number of hydrogen-bond donors (Lipinski definition) is 2. The lowest BCUT2D eigenvalue weighted by Gasteiger charge is -2.09. The Hall–Kier alpha value is -2.08. The Morgan fingerprint density at radius 1 is 1.42 bits per heavy atom. The maximum absolute atomic E-state index is 11.5. The van der Waals surface area contributed by atoms with E-state index < -0.39 is 6.09 Å². The standard InChI is InChI=1S/C13H16N2O4/c16-12(18-8-10-4-2-1-3-5-10)7-14-6-11-9-19-13(17)15-11/h1-5,11,14H,6-9H2,(H,15,17). The number of carbonyl (C=O) groups excluding carboxylic acids is 2. The molecule has 0 spiro atoms. The summed E-state index contributed by atoms with van der Waals surface area (Å²) in [4.78, 5) is 22.2. The van der Waals surface area contributed by atoms with Crippen LogP contribution < -0.4 is 10.6 Å². The van der Waals surface area contributed by atoms with Gasteiger partial charge in [-0.05, 0) is 5.56 Å². The van der Waals surface area contributed by atoms with Gasteiger partial charge in [0.15, 0.2) is 0 Å². The van der Waals surface area contributed by atoms with Gasteiger partial charge in [0.05, 0.1) is 12.6 Å². The van der Waals surface area contributed by atoms with Gasteiger partial charge in [-0.2, -0.15) is 0 Å². The number of hydrogen-bond acceptors (Lipinski definition) is 5. The van der Waals surface area contributed by atoms with E-state index in [0.717, 1.165) is 5.56 Å². The molecule has 0 aromatic heterocycles. The van der Waals surface area contributed by atoms with Crippen molar-refractivity contribution in [3.8, 4) is 0 Å². The zero-order chi connectivity index (χ0) is 13.5. The molecule has 1 aromatic rings. The number of ether oxygens (including phenoxy) is 2. The summed E-state index contributed by atoms with van der Waals surface area (Å²) < 4.78 is 9.82. The van der Waals surface area contributed by atoms with Crippen molar-refractivity contribution in [1.29, 1.82) is 0 Å². The van der Waals surface area contributed by atoms with Crippen LogP contribution in [0.5, 0.6) is 0 Å². The maximum atomic E-state index is 11.5. The fourth-order valence-electron chi connectivity index (χ4n) is 1.67. The molecule has 19 heavy (non-hydrogen) atoms. The minimum atomic E-state index is -0.418. The van der Waals surface area contributed by atoms with Gasteiger partial charge in [-0.15, -0.1) is 0 Å². The Labute approximate surface area is 111 Å². The number of benzene rings is 1. The van der Waals surface area contributed by atoms with E-state index in [-0.39, 0.29) is 25.2 Å². The highest BCUT2D eigenvalue weighted by Crippen LogP contribution is 2.00. The summed E-state index contributed by atoms with van der Waals surface area (Å²) in [5.41, 5.74) is 0.951. The van der Waals surface area contributed by atoms with Crippen LogP contribution in [0.15, 0.2) is 30.3 Å². The van der Waals surface area contributed by atoms with Crippen molar-refractivity contribution < 1.29 is 19.1 Å². The number of nitrogens with one attached hydrogen (secondary N) is 2. The minimum Gasteiger partial charge on any atom is -0.460 e. The molecule has 1 aromatic carbocycles. The molecule has 0 radical (unpaired) electrons. The van der Waals surface area contributed by atoms with Crippen molar-refractivity contribution in [3.05, 3.63) is 35.9 Å². The first kappa shape index (κ1) is 13.4. The van der Waals surface area contributed by atoms with Crippen LogP contribution in [-0.4, -0.2) is 37.8 Å². The zero-order valence-corrected chi connectivity index (χ0v) is 10.4. The highest BCUT2D eigenvalue weighted by Gasteiger charge is 2.21. The van der Waals surface area contributed by atoms with Gasteiger partial charge in [0, 0.05) is 6.54 Å². The molecular weight excluding hydrogens is 248 g/mol. The van der Waals surface area contributed by atoms with Crippen molar-refractivity contribution in [3.63, 3.8) is 0 Å². The number of cyclic esters (lactones) is 1. The Bertz CT molecular complexity index is 436. The molecule has 1 atom stereocenters. The molecule has 1 heterocycles. The van der Waals surface area contributed by atoms with Crippen LogP contribution in [0.2, 0.25) is 0 Å².